The Morgan fingerprint density at radius 1 is 1.32 bits per heavy atom. The number of rotatable bonds is 4. The van der Waals surface area contributed by atoms with Crippen LogP contribution in [0.15, 0.2) is 24.3 Å². The van der Waals surface area contributed by atoms with E-state index in [0.29, 0.717) is 19.1 Å². The van der Waals surface area contributed by atoms with Crippen LogP contribution in [0.2, 0.25) is 0 Å². The molecule has 0 spiro atoms. The number of amides is 1. The molecule has 4 nitrogen and oxygen atoms in total. The lowest BCUT2D eigenvalue weighted by atomic mass is 10.1. The van der Waals surface area contributed by atoms with Crippen LogP contribution >= 0.6 is 0 Å². The minimum atomic E-state index is 0.167. The molecule has 0 radical (unpaired) electrons. The molecular weight excluding hydrogens is 238 g/mol. The monoisotopic (exact) mass is 261 g/mol. The van der Waals surface area contributed by atoms with Crippen LogP contribution in [0.25, 0.3) is 0 Å². The maximum Gasteiger partial charge on any atom is 0.241 e. The predicted octanol–water partition coefficient (Wildman–Crippen LogP) is 1.24. The molecule has 4 heteroatoms. The molecule has 1 aromatic rings. The predicted molar refractivity (Wildman–Crippen MR) is 78.3 cm³/mol. The Labute approximate surface area is 115 Å². The number of benzene rings is 1. The summed E-state index contributed by atoms with van der Waals surface area (Å²) in [6.45, 7) is 4.00. The van der Waals surface area contributed by atoms with E-state index in [-0.39, 0.29) is 5.91 Å². The van der Waals surface area contributed by atoms with Crippen molar-refractivity contribution < 1.29 is 4.79 Å². The summed E-state index contributed by atoms with van der Waals surface area (Å²) in [6.07, 6.45) is 1.94. The number of piperazine rings is 1. The van der Waals surface area contributed by atoms with Gasteiger partial charge in [0.05, 0.1) is 6.54 Å². The molecule has 1 fully saturated rings. The van der Waals surface area contributed by atoms with E-state index in [2.05, 4.69) is 24.0 Å². The van der Waals surface area contributed by atoms with Crippen LogP contribution in [0.5, 0.6) is 0 Å². The zero-order valence-electron chi connectivity index (χ0n) is 11.8. The molecule has 1 aliphatic heterocycles. The first-order chi connectivity index (χ1) is 9.15. The van der Waals surface area contributed by atoms with Crippen LogP contribution in [0.3, 0.4) is 0 Å². The maximum atomic E-state index is 12.2. The molecule has 0 aliphatic carbocycles. The second-order valence-corrected chi connectivity index (χ2v) is 5.17. The van der Waals surface area contributed by atoms with Gasteiger partial charge in [-0.2, -0.15) is 0 Å². The number of anilines is 1. The van der Waals surface area contributed by atoms with Crippen LogP contribution < -0.4 is 10.6 Å². The van der Waals surface area contributed by atoms with E-state index in [1.807, 2.05) is 24.1 Å². The van der Waals surface area contributed by atoms with Crippen molar-refractivity contribution >= 4 is 11.6 Å². The number of hydrogen-bond donors (Lipinski definition) is 1. The molecule has 1 atom stereocenters. The second-order valence-electron chi connectivity index (χ2n) is 5.17. The smallest absolute Gasteiger partial charge is 0.241 e. The highest BCUT2D eigenvalue weighted by Gasteiger charge is 2.29. The van der Waals surface area contributed by atoms with E-state index in [1.165, 1.54) is 5.56 Å². The zero-order chi connectivity index (χ0) is 13.8. The molecule has 19 heavy (non-hydrogen) atoms. The fraction of sp³-hybridized carbons (Fsp3) is 0.533. The fourth-order valence-corrected chi connectivity index (χ4v) is 2.54. The summed E-state index contributed by atoms with van der Waals surface area (Å²) in [5.74, 6) is 0.167. The van der Waals surface area contributed by atoms with Gasteiger partial charge >= 0.3 is 0 Å². The number of nitrogens with zero attached hydrogens (tertiary/aromatic N) is 2. The van der Waals surface area contributed by atoms with Gasteiger partial charge in [0.25, 0.3) is 0 Å². The Hall–Kier alpha value is -1.39. The summed E-state index contributed by atoms with van der Waals surface area (Å²) in [6, 6.07) is 8.63. The molecule has 1 heterocycles. The first kappa shape index (κ1) is 14.0. The average molecular weight is 261 g/mol. The minimum absolute atomic E-state index is 0.167. The average Bonchev–Trinajstić information content (AvgIpc) is 2.42. The standard InChI is InChI=1S/C15H23N3O/c1-3-12-4-6-13(7-5-12)18-10-14(8-9-16)17(2)11-15(18)19/h4-7,14H,3,8-11,16H2,1-2H3. The summed E-state index contributed by atoms with van der Waals surface area (Å²) in [4.78, 5) is 16.2. The van der Waals surface area contributed by atoms with Gasteiger partial charge in [-0.25, -0.2) is 0 Å². The van der Waals surface area contributed by atoms with Crippen LogP contribution in [0, 0.1) is 0 Å². The highest BCUT2D eigenvalue weighted by molar-refractivity contribution is 5.95. The van der Waals surface area contributed by atoms with E-state index in [0.717, 1.165) is 25.1 Å². The number of likely N-dealkylation sites (N-methyl/N-ethyl adjacent to an activating group) is 1. The highest BCUT2D eigenvalue weighted by atomic mass is 16.2. The molecule has 0 aromatic heterocycles. The Morgan fingerprint density at radius 2 is 2.00 bits per heavy atom. The molecule has 1 amide bonds. The highest BCUT2D eigenvalue weighted by Crippen LogP contribution is 2.21. The number of carbonyl (C=O) groups is 1. The van der Waals surface area contributed by atoms with Gasteiger partial charge in [0.1, 0.15) is 0 Å². The van der Waals surface area contributed by atoms with Gasteiger partial charge < -0.3 is 10.6 Å². The summed E-state index contributed by atoms with van der Waals surface area (Å²) in [7, 11) is 2.00. The lowest BCUT2D eigenvalue weighted by Crippen LogP contribution is -2.55. The SMILES string of the molecule is CCc1ccc(N2CC(CCN)N(C)CC2=O)cc1. The Balaban J connectivity index is 2.14. The molecule has 1 aromatic carbocycles. The fourth-order valence-electron chi connectivity index (χ4n) is 2.54. The number of aryl methyl sites for hydroxylation is 1. The first-order valence-electron chi connectivity index (χ1n) is 6.95. The van der Waals surface area contributed by atoms with Crippen LogP contribution in [0.4, 0.5) is 5.69 Å². The molecule has 104 valence electrons. The van der Waals surface area contributed by atoms with E-state index in [9.17, 15) is 4.79 Å². The van der Waals surface area contributed by atoms with Gasteiger partial charge in [0, 0.05) is 18.3 Å². The molecule has 0 bridgehead atoms. The number of hydrogen-bond acceptors (Lipinski definition) is 3. The van der Waals surface area contributed by atoms with Gasteiger partial charge in [-0.05, 0) is 44.1 Å². The second kappa shape index (κ2) is 6.17. The minimum Gasteiger partial charge on any atom is -0.330 e. The lowest BCUT2D eigenvalue weighted by molar-refractivity contribution is -0.122. The number of carbonyl (C=O) groups excluding carboxylic acids is 1. The Kier molecular flexibility index (Phi) is 4.56. The third-order valence-electron chi connectivity index (χ3n) is 3.86. The summed E-state index contributed by atoms with van der Waals surface area (Å²) in [5, 5.41) is 0. The van der Waals surface area contributed by atoms with Crippen molar-refractivity contribution in [2.24, 2.45) is 5.73 Å². The van der Waals surface area contributed by atoms with E-state index in [1.54, 1.807) is 0 Å². The molecule has 1 saturated heterocycles. The van der Waals surface area contributed by atoms with Crippen LogP contribution in [-0.2, 0) is 11.2 Å². The van der Waals surface area contributed by atoms with Gasteiger partial charge in [0.2, 0.25) is 5.91 Å². The van der Waals surface area contributed by atoms with E-state index >= 15 is 0 Å². The van der Waals surface area contributed by atoms with Crippen molar-refractivity contribution in [2.45, 2.75) is 25.8 Å². The zero-order valence-corrected chi connectivity index (χ0v) is 11.8. The maximum absolute atomic E-state index is 12.2. The molecule has 1 aliphatic rings. The van der Waals surface area contributed by atoms with Crippen molar-refractivity contribution in [3.05, 3.63) is 29.8 Å². The Bertz CT molecular complexity index is 430. The molecular formula is C15H23N3O. The molecule has 0 saturated carbocycles. The molecule has 2 rings (SSSR count). The van der Waals surface area contributed by atoms with Gasteiger partial charge in [-0.3, -0.25) is 9.69 Å². The van der Waals surface area contributed by atoms with Crippen molar-refractivity contribution in [3.63, 3.8) is 0 Å². The largest absolute Gasteiger partial charge is 0.330 e. The van der Waals surface area contributed by atoms with Crippen molar-refractivity contribution in [1.82, 2.24) is 4.90 Å². The summed E-state index contributed by atoms with van der Waals surface area (Å²) < 4.78 is 0. The van der Waals surface area contributed by atoms with Crippen molar-refractivity contribution in [2.75, 3.05) is 31.6 Å². The molecule has 2 N–H and O–H groups in total. The van der Waals surface area contributed by atoms with Gasteiger partial charge in [-0.1, -0.05) is 19.1 Å². The van der Waals surface area contributed by atoms with Crippen molar-refractivity contribution in [1.29, 1.82) is 0 Å². The summed E-state index contributed by atoms with van der Waals surface area (Å²) >= 11 is 0. The Morgan fingerprint density at radius 3 is 2.58 bits per heavy atom. The van der Waals surface area contributed by atoms with Crippen LogP contribution in [0.1, 0.15) is 18.9 Å². The molecule has 1 unspecified atom stereocenters. The van der Waals surface area contributed by atoms with Gasteiger partial charge in [0.15, 0.2) is 0 Å². The quantitative estimate of drug-likeness (QED) is 0.887. The van der Waals surface area contributed by atoms with Gasteiger partial charge in [-0.15, -0.1) is 0 Å². The van der Waals surface area contributed by atoms with E-state index < -0.39 is 0 Å². The normalized spacial score (nSPS) is 20.9. The first-order valence-corrected chi connectivity index (χ1v) is 6.95. The third kappa shape index (κ3) is 3.14. The van der Waals surface area contributed by atoms with Crippen LogP contribution in [-0.4, -0.2) is 43.5 Å². The van der Waals surface area contributed by atoms with E-state index in [4.69, 9.17) is 5.73 Å². The third-order valence-corrected chi connectivity index (χ3v) is 3.86. The topological polar surface area (TPSA) is 49.6 Å². The summed E-state index contributed by atoms with van der Waals surface area (Å²) in [5.41, 5.74) is 7.94. The lowest BCUT2D eigenvalue weighted by Gasteiger charge is -2.39. The number of nitrogens with two attached hydrogens (primary N) is 1. The van der Waals surface area contributed by atoms with Crippen molar-refractivity contribution in [3.8, 4) is 0 Å².